The van der Waals surface area contributed by atoms with Crippen LogP contribution in [-0.2, 0) is 4.74 Å². The van der Waals surface area contributed by atoms with Crippen LogP contribution in [-0.4, -0.2) is 41.3 Å². The van der Waals surface area contributed by atoms with Crippen LogP contribution in [0.15, 0.2) is 0 Å². The first-order valence-corrected chi connectivity index (χ1v) is 6.36. The summed E-state index contributed by atoms with van der Waals surface area (Å²) in [4.78, 5) is 12.0. The molecule has 6 nitrogen and oxygen atoms in total. The molecule has 1 aromatic rings. The normalized spacial score (nSPS) is 18.4. The van der Waals surface area contributed by atoms with Gasteiger partial charge in [0.15, 0.2) is 0 Å². The molecule has 0 aromatic carbocycles. The van der Waals surface area contributed by atoms with Gasteiger partial charge in [-0.1, -0.05) is 0 Å². The number of hydrogen-bond acceptors (Lipinski definition) is 6. The van der Waals surface area contributed by atoms with Crippen LogP contribution in [0.1, 0.15) is 19.8 Å². The number of nitrogens with zero attached hydrogens (tertiary/aromatic N) is 3. The molecule has 0 saturated carbocycles. The maximum absolute atomic E-state index is 5.80. The van der Waals surface area contributed by atoms with Gasteiger partial charge in [0.1, 0.15) is 0 Å². The Morgan fingerprint density at radius 3 is 2.72 bits per heavy atom. The summed E-state index contributed by atoms with van der Waals surface area (Å²) < 4.78 is 10.3. The number of halogens is 1. The van der Waals surface area contributed by atoms with E-state index >= 15 is 0 Å². The van der Waals surface area contributed by atoms with E-state index in [1.165, 1.54) is 7.11 Å². The van der Waals surface area contributed by atoms with Crippen molar-refractivity contribution in [2.45, 2.75) is 25.8 Å². The second-order valence-corrected chi connectivity index (χ2v) is 4.64. The fourth-order valence-electron chi connectivity index (χ4n) is 2.03. The molecule has 0 amide bonds. The molecule has 1 atom stereocenters. The maximum atomic E-state index is 5.80. The fraction of sp³-hybridized carbons (Fsp3) is 0.727. The van der Waals surface area contributed by atoms with Crippen molar-refractivity contribution in [3.8, 4) is 6.01 Å². The molecule has 1 aliphatic heterocycles. The average Bonchev–Trinajstić information content (AvgIpc) is 2.39. The van der Waals surface area contributed by atoms with Gasteiger partial charge in [0.25, 0.3) is 0 Å². The molecule has 0 radical (unpaired) electrons. The van der Waals surface area contributed by atoms with Crippen LogP contribution in [0.4, 0.5) is 5.95 Å². The number of nitrogens with one attached hydrogen (secondary N) is 1. The van der Waals surface area contributed by atoms with Crippen molar-refractivity contribution in [2.75, 3.05) is 25.6 Å². The van der Waals surface area contributed by atoms with Gasteiger partial charge in [0.2, 0.25) is 11.2 Å². The van der Waals surface area contributed by atoms with Gasteiger partial charge in [-0.2, -0.15) is 15.0 Å². The zero-order valence-corrected chi connectivity index (χ0v) is 11.3. The van der Waals surface area contributed by atoms with Gasteiger partial charge in [0.05, 0.1) is 7.11 Å². The van der Waals surface area contributed by atoms with E-state index < -0.39 is 0 Å². The molecule has 2 rings (SSSR count). The second-order valence-electron chi connectivity index (χ2n) is 4.30. The Kier molecular flexibility index (Phi) is 4.54. The first-order chi connectivity index (χ1) is 8.69. The van der Waals surface area contributed by atoms with Gasteiger partial charge in [0, 0.05) is 19.3 Å². The van der Waals surface area contributed by atoms with Gasteiger partial charge < -0.3 is 14.8 Å². The first-order valence-electron chi connectivity index (χ1n) is 5.99. The highest BCUT2D eigenvalue weighted by Crippen LogP contribution is 2.21. The molecule has 18 heavy (non-hydrogen) atoms. The molecule has 0 spiro atoms. The van der Waals surface area contributed by atoms with E-state index in [9.17, 15) is 0 Å². The summed E-state index contributed by atoms with van der Waals surface area (Å²) in [6, 6.07) is 0.480. The SMILES string of the molecule is COc1nc(Cl)nc(NC(C)C2CCOCC2)n1. The molecular formula is C11H17ClN4O2. The van der Waals surface area contributed by atoms with Crippen LogP contribution in [0.25, 0.3) is 0 Å². The van der Waals surface area contributed by atoms with E-state index in [0.29, 0.717) is 11.9 Å². The average molecular weight is 273 g/mol. The summed E-state index contributed by atoms with van der Waals surface area (Å²) in [6.07, 6.45) is 2.09. The van der Waals surface area contributed by atoms with Gasteiger partial charge in [-0.05, 0) is 37.3 Å². The third-order valence-electron chi connectivity index (χ3n) is 3.10. The lowest BCUT2D eigenvalue weighted by molar-refractivity contribution is 0.0621. The minimum atomic E-state index is 0.128. The number of aromatic nitrogens is 3. The van der Waals surface area contributed by atoms with E-state index in [4.69, 9.17) is 21.1 Å². The Labute approximate surface area is 111 Å². The predicted molar refractivity (Wildman–Crippen MR) is 68.0 cm³/mol. The molecule has 0 bridgehead atoms. The molecule has 1 fully saturated rings. The maximum Gasteiger partial charge on any atom is 0.322 e. The second kappa shape index (κ2) is 6.15. The Morgan fingerprint density at radius 1 is 1.33 bits per heavy atom. The molecule has 7 heteroatoms. The molecule has 1 aliphatic rings. The molecule has 1 saturated heterocycles. The highest BCUT2D eigenvalue weighted by atomic mass is 35.5. The van der Waals surface area contributed by atoms with Crippen molar-refractivity contribution in [1.82, 2.24) is 15.0 Å². The number of hydrogen-bond donors (Lipinski definition) is 1. The number of methoxy groups -OCH3 is 1. The Morgan fingerprint density at radius 2 is 2.06 bits per heavy atom. The zero-order valence-electron chi connectivity index (χ0n) is 10.5. The van der Waals surface area contributed by atoms with Gasteiger partial charge >= 0.3 is 6.01 Å². The third kappa shape index (κ3) is 3.43. The Balaban J connectivity index is 2.01. The van der Waals surface area contributed by atoms with Crippen molar-refractivity contribution >= 4 is 17.5 Å². The molecule has 1 unspecified atom stereocenters. The molecule has 2 heterocycles. The highest BCUT2D eigenvalue weighted by Gasteiger charge is 2.21. The van der Waals surface area contributed by atoms with Crippen molar-refractivity contribution < 1.29 is 9.47 Å². The van der Waals surface area contributed by atoms with Gasteiger partial charge in [-0.25, -0.2) is 0 Å². The lowest BCUT2D eigenvalue weighted by Gasteiger charge is -2.28. The van der Waals surface area contributed by atoms with Crippen LogP contribution in [0, 0.1) is 5.92 Å². The van der Waals surface area contributed by atoms with Crippen LogP contribution >= 0.6 is 11.6 Å². The quantitative estimate of drug-likeness (QED) is 0.901. The van der Waals surface area contributed by atoms with E-state index in [1.54, 1.807) is 0 Å². The summed E-state index contributed by atoms with van der Waals surface area (Å²) in [5.41, 5.74) is 0. The first kappa shape index (κ1) is 13.3. The lowest BCUT2D eigenvalue weighted by Crippen LogP contribution is -2.31. The van der Waals surface area contributed by atoms with Crippen LogP contribution in [0.5, 0.6) is 6.01 Å². The summed E-state index contributed by atoms with van der Waals surface area (Å²) >= 11 is 5.80. The van der Waals surface area contributed by atoms with Crippen molar-refractivity contribution in [2.24, 2.45) is 5.92 Å². The summed E-state index contributed by atoms with van der Waals surface area (Å²) in [7, 11) is 1.50. The van der Waals surface area contributed by atoms with Crippen LogP contribution < -0.4 is 10.1 Å². The minimum absolute atomic E-state index is 0.128. The fourth-order valence-corrected chi connectivity index (χ4v) is 2.18. The van der Waals surface area contributed by atoms with Crippen molar-refractivity contribution in [3.63, 3.8) is 0 Å². The minimum Gasteiger partial charge on any atom is -0.467 e. The number of anilines is 1. The highest BCUT2D eigenvalue weighted by molar-refractivity contribution is 6.28. The molecule has 100 valence electrons. The van der Waals surface area contributed by atoms with E-state index in [0.717, 1.165) is 26.1 Å². The lowest BCUT2D eigenvalue weighted by atomic mass is 9.93. The molecule has 1 N–H and O–H groups in total. The predicted octanol–water partition coefficient (Wildman–Crippen LogP) is 1.76. The monoisotopic (exact) mass is 272 g/mol. The standard InChI is InChI=1S/C11H17ClN4O2/c1-7(8-3-5-18-6-4-8)13-10-14-9(12)15-11(16-10)17-2/h7-8H,3-6H2,1-2H3,(H,13,14,15,16). The van der Waals surface area contributed by atoms with Crippen LogP contribution in [0.3, 0.4) is 0 Å². The van der Waals surface area contributed by atoms with E-state index in [1.807, 2.05) is 0 Å². The van der Waals surface area contributed by atoms with E-state index in [-0.39, 0.29) is 17.3 Å². The van der Waals surface area contributed by atoms with Crippen molar-refractivity contribution in [3.05, 3.63) is 5.28 Å². The molecule has 0 aliphatic carbocycles. The Bertz CT molecular complexity index is 399. The molecule has 1 aromatic heterocycles. The topological polar surface area (TPSA) is 69.2 Å². The summed E-state index contributed by atoms with van der Waals surface area (Å²) in [5, 5.41) is 3.37. The van der Waals surface area contributed by atoms with Gasteiger partial charge in [-0.3, -0.25) is 0 Å². The Hall–Kier alpha value is -1.14. The summed E-state index contributed by atoms with van der Waals surface area (Å²) in [6.45, 7) is 3.75. The van der Waals surface area contributed by atoms with Gasteiger partial charge in [-0.15, -0.1) is 0 Å². The van der Waals surface area contributed by atoms with Crippen LogP contribution in [0.2, 0.25) is 5.28 Å². The van der Waals surface area contributed by atoms with Crippen molar-refractivity contribution in [1.29, 1.82) is 0 Å². The number of rotatable bonds is 4. The molecular weight excluding hydrogens is 256 g/mol. The largest absolute Gasteiger partial charge is 0.467 e. The third-order valence-corrected chi connectivity index (χ3v) is 3.27. The summed E-state index contributed by atoms with van der Waals surface area (Å²) in [5.74, 6) is 1.01. The smallest absolute Gasteiger partial charge is 0.322 e. The zero-order chi connectivity index (χ0) is 13.0. The van der Waals surface area contributed by atoms with E-state index in [2.05, 4.69) is 27.2 Å². The number of ether oxygens (including phenoxy) is 2.